The molecule has 4 unspecified atom stereocenters. The second-order valence-electron chi connectivity index (χ2n) is 13.7. The highest BCUT2D eigenvalue weighted by atomic mass is 16.7. The lowest BCUT2D eigenvalue weighted by molar-refractivity contribution is -0.322. The Morgan fingerprint density at radius 3 is 2.43 bits per heavy atom. The van der Waals surface area contributed by atoms with Crippen LogP contribution in [0.15, 0.2) is 41.5 Å². The Hall–Kier alpha value is -1.50. The maximum atomic E-state index is 12.2. The van der Waals surface area contributed by atoms with Crippen LogP contribution in [0.4, 0.5) is 0 Å². The summed E-state index contributed by atoms with van der Waals surface area (Å²) >= 11 is 0. The SMILES string of the molecule is CC1(C)COC2(CCC3=C4C(CCC3(O)C2)C2CCC(O)[C@@]2(C)C[C@@H]4c2ccc(/C=C/CO)cc2)OC1. The molecule has 1 heterocycles. The van der Waals surface area contributed by atoms with Gasteiger partial charge in [0, 0.05) is 24.2 Å². The highest BCUT2D eigenvalue weighted by molar-refractivity contribution is 5.51. The smallest absolute Gasteiger partial charge is 0.171 e. The normalized spacial score (nSPS) is 40.5. The van der Waals surface area contributed by atoms with E-state index in [1.165, 1.54) is 16.7 Å². The minimum atomic E-state index is -0.890. The van der Waals surface area contributed by atoms with Crippen LogP contribution < -0.4 is 0 Å². The lowest BCUT2D eigenvalue weighted by atomic mass is 9.51. The topological polar surface area (TPSA) is 79.2 Å². The van der Waals surface area contributed by atoms with Gasteiger partial charge in [0.15, 0.2) is 5.79 Å². The first-order valence-corrected chi connectivity index (χ1v) is 14.4. The standard InChI is InChI=1S/C32H44O5/c1-29(2)19-36-32(37-20-29)15-13-26-28-23(12-14-31(26,35)18-32)25-10-11-27(34)30(25,3)17-24(28)22-8-6-21(7-9-22)5-4-16-33/h4-9,23-25,27,33-35H,10-20H2,1-3H3/b5-4+/t23?,24-,25?,27?,30+,31?/m1/s1. The molecule has 1 aromatic carbocycles. The second-order valence-corrected chi connectivity index (χ2v) is 13.7. The molecule has 5 nitrogen and oxygen atoms in total. The molecule has 0 bridgehead atoms. The summed E-state index contributed by atoms with van der Waals surface area (Å²) in [5.41, 5.74) is 4.05. The molecule has 202 valence electrons. The maximum Gasteiger partial charge on any atom is 0.171 e. The average molecular weight is 509 g/mol. The molecule has 5 heteroatoms. The average Bonchev–Trinajstić information content (AvgIpc) is 3.18. The van der Waals surface area contributed by atoms with Gasteiger partial charge >= 0.3 is 0 Å². The van der Waals surface area contributed by atoms with Gasteiger partial charge in [-0.05, 0) is 72.5 Å². The van der Waals surface area contributed by atoms with Crippen LogP contribution in [0.3, 0.4) is 0 Å². The van der Waals surface area contributed by atoms with Crippen molar-refractivity contribution >= 4 is 6.08 Å². The van der Waals surface area contributed by atoms with E-state index in [-0.39, 0.29) is 29.5 Å². The zero-order valence-corrected chi connectivity index (χ0v) is 22.7. The predicted molar refractivity (Wildman–Crippen MR) is 144 cm³/mol. The summed E-state index contributed by atoms with van der Waals surface area (Å²) in [6.45, 7) is 8.00. The van der Waals surface area contributed by atoms with Gasteiger partial charge in [0.1, 0.15) is 0 Å². The summed E-state index contributed by atoms with van der Waals surface area (Å²) in [7, 11) is 0. The van der Waals surface area contributed by atoms with E-state index in [2.05, 4.69) is 45.0 Å². The Morgan fingerprint density at radius 1 is 1.00 bits per heavy atom. The van der Waals surface area contributed by atoms with E-state index in [0.29, 0.717) is 31.5 Å². The highest BCUT2D eigenvalue weighted by Crippen LogP contribution is 2.65. The molecule has 5 aliphatic rings. The van der Waals surface area contributed by atoms with E-state index in [1.54, 1.807) is 6.08 Å². The van der Waals surface area contributed by atoms with E-state index < -0.39 is 11.4 Å². The first-order valence-electron chi connectivity index (χ1n) is 14.4. The maximum absolute atomic E-state index is 12.2. The summed E-state index contributed by atoms with van der Waals surface area (Å²) < 4.78 is 12.7. The Morgan fingerprint density at radius 2 is 1.73 bits per heavy atom. The molecule has 6 atom stereocenters. The van der Waals surface area contributed by atoms with Crippen molar-refractivity contribution in [3.05, 3.63) is 52.6 Å². The lowest BCUT2D eigenvalue weighted by Gasteiger charge is -2.57. The van der Waals surface area contributed by atoms with Gasteiger partial charge in [0.05, 0.1) is 31.5 Å². The van der Waals surface area contributed by atoms with Crippen LogP contribution >= 0.6 is 0 Å². The monoisotopic (exact) mass is 508 g/mol. The van der Waals surface area contributed by atoms with Crippen molar-refractivity contribution in [1.82, 2.24) is 0 Å². The fourth-order valence-corrected chi connectivity index (χ4v) is 8.55. The van der Waals surface area contributed by atoms with Crippen LogP contribution in [0.1, 0.15) is 89.2 Å². The number of ether oxygens (including phenoxy) is 2. The zero-order valence-electron chi connectivity index (χ0n) is 22.7. The molecular formula is C32H44O5. The van der Waals surface area contributed by atoms with Crippen molar-refractivity contribution in [2.75, 3.05) is 19.8 Å². The van der Waals surface area contributed by atoms with Crippen LogP contribution in [0.2, 0.25) is 0 Å². The fourth-order valence-electron chi connectivity index (χ4n) is 8.55. The molecule has 0 aromatic heterocycles. The van der Waals surface area contributed by atoms with Crippen LogP contribution in [-0.4, -0.2) is 52.6 Å². The quantitative estimate of drug-likeness (QED) is 0.480. The number of benzene rings is 1. The lowest BCUT2D eigenvalue weighted by Crippen LogP contribution is -2.57. The van der Waals surface area contributed by atoms with Gasteiger partial charge in [-0.15, -0.1) is 0 Å². The number of aliphatic hydroxyl groups excluding tert-OH is 2. The third-order valence-electron chi connectivity index (χ3n) is 10.6. The summed E-state index contributed by atoms with van der Waals surface area (Å²) in [6, 6.07) is 8.67. The predicted octanol–water partition coefficient (Wildman–Crippen LogP) is 5.35. The number of rotatable bonds is 3. The minimum Gasteiger partial charge on any atom is -0.393 e. The van der Waals surface area contributed by atoms with Gasteiger partial charge in [-0.1, -0.05) is 62.8 Å². The van der Waals surface area contributed by atoms with Crippen LogP contribution in [-0.2, 0) is 9.47 Å². The molecule has 1 aromatic rings. The van der Waals surface area contributed by atoms with Crippen molar-refractivity contribution in [1.29, 1.82) is 0 Å². The summed E-state index contributed by atoms with van der Waals surface area (Å²) in [6.07, 6.45) is 10.1. The van der Waals surface area contributed by atoms with E-state index >= 15 is 0 Å². The molecule has 1 saturated heterocycles. The number of allylic oxidation sites excluding steroid dienone is 1. The highest BCUT2D eigenvalue weighted by Gasteiger charge is 2.60. The molecule has 0 amide bonds. The molecule has 3 saturated carbocycles. The Balaban J connectivity index is 1.39. The molecule has 4 aliphatic carbocycles. The number of aliphatic hydroxyl groups is 3. The van der Waals surface area contributed by atoms with Gasteiger partial charge in [-0.3, -0.25) is 0 Å². The molecule has 37 heavy (non-hydrogen) atoms. The van der Waals surface area contributed by atoms with Crippen molar-refractivity contribution < 1.29 is 24.8 Å². The summed E-state index contributed by atoms with van der Waals surface area (Å²) in [5, 5.41) is 32.5. The molecular weight excluding hydrogens is 464 g/mol. The van der Waals surface area contributed by atoms with Gasteiger partial charge in [0.2, 0.25) is 0 Å². The Kier molecular flexibility index (Phi) is 6.28. The Bertz CT molecular complexity index is 1080. The molecule has 4 fully saturated rings. The molecule has 1 spiro atoms. The van der Waals surface area contributed by atoms with Crippen molar-refractivity contribution in [2.45, 2.75) is 95.5 Å². The van der Waals surface area contributed by atoms with Crippen LogP contribution in [0.25, 0.3) is 6.08 Å². The van der Waals surface area contributed by atoms with Crippen LogP contribution in [0.5, 0.6) is 0 Å². The van der Waals surface area contributed by atoms with Gasteiger partial charge in [-0.25, -0.2) is 0 Å². The van der Waals surface area contributed by atoms with E-state index in [4.69, 9.17) is 14.6 Å². The zero-order chi connectivity index (χ0) is 26.1. The van der Waals surface area contributed by atoms with Crippen molar-refractivity contribution in [3.63, 3.8) is 0 Å². The fraction of sp³-hybridized carbons (Fsp3) is 0.688. The van der Waals surface area contributed by atoms with Gasteiger partial charge in [-0.2, -0.15) is 0 Å². The third-order valence-corrected chi connectivity index (χ3v) is 10.6. The summed E-state index contributed by atoms with van der Waals surface area (Å²) in [5.74, 6) is 0.394. The van der Waals surface area contributed by atoms with E-state index in [0.717, 1.165) is 50.5 Å². The molecule has 1 aliphatic heterocycles. The van der Waals surface area contributed by atoms with E-state index in [1.807, 2.05) is 6.08 Å². The number of hydrogen-bond acceptors (Lipinski definition) is 5. The second kappa shape index (κ2) is 9.02. The molecule has 6 rings (SSSR count). The van der Waals surface area contributed by atoms with Crippen molar-refractivity contribution in [3.8, 4) is 0 Å². The van der Waals surface area contributed by atoms with Gasteiger partial charge < -0.3 is 24.8 Å². The minimum absolute atomic E-state index is 0.00499. The molecule has 3 N–H and O–H groups in total. The van der Waals surface area contributed by atoms with Crippen LogP contribution in [0, 0.1) is 22.7 Å². The third kappa shape index (κ3) is 4.26. The van der Waals surface area contributed by atoms with Gasteiger partial charge in [0.25, 0.3) is 0 Å². The first-order chi connectivity index (χ1) is 17.6. The molecule has 0 radical (unpaired) electrons. The van der Waals surface area contributed by atoms with E-state index in [9.17, 15) is 10.2 Å². The largest absolute Gasteiger partial charge is 0.393 e. The first kappa shape index (κ1) is 25.8. The Labute approximate surface area is 221 Å². The summed E-state index contributed by atoms with van der Waals surface area (Å²) in [4.78, 5) is 0. The number of hydrogen-bond donors (Lipinski definition) is 3. The number of fused-ring (bicyclic) bond motifs is 4. The van der Waals surface area contributed by atoms with Crippen molar-refractivity contribution in [2.24, 2.45) is 22.7 Å².